The van der Waals surface area contributed by atoms with E-state index < -0.39 is 0 Å². The molecular formula is C24H40O2. The molecule has 0 aromatic heterocycles. The molecule has 0 aliphatic carbocycles. The lowest BCUT2D eigenvalue weighted by atomic mass is 10.1. The Balaban J connectivity index is 1.74. The minimum absolute atomic E-state index is 0.261. The largest absolute Gasteiger partial charge is 0.396 e. The Hall–Kier alpha value is -1.12. The van der Waals surface area contributed by atoms with Crippen molar-refractivity contribution in [3.63, 3.8) is 0 Å². The van der Waals surface area contributed by atoms with E-state index in [1.807, 2.05) is 13.0 Å². The van der Waals surface area contributed by atoms with E-state index >= 15 is 0 Å². The molecule has 26 heavy (non-hydrogen) atoms. The molecule has 0 fully saturated rings. The van der Waals surface area contributed by atoms with Crippen molar-refractivity contribution in [1.29, 1.82) is 0 Å². The second kappa shape index (κ2) is 17.3. The molecule has 0 aliphatic heterocycles. The molecule has 0 bridgehead atoms. The molecule has 1 aromatic carbocycles. The zero-order valence-corrected chi connectivity index (χ0v) is 16.9. The van der Waals surface area contributed by atoms with Gasteiger partial charge in [0.1, 0.15) is 0 Å². The van der Waals surface area contributed by atoms with Gasteiger partial charge in [-0.3, -0.25) is 0 Å². The molecule has 0 spiro atoms. The van der Waals surface area contributed by atoms with Crippen molar-refractivity contribution >= 4 is 0 Å². The Morgan fingerprint density at radius 1 is 0.846 bits per heavy atom. The van der Waals surface area contributed by atoms with Crippen LogP contribution in [0, 0.1) is 5.92 Å². The van der Waals surface area contributed by atoms with Crippen molar-refractivity contribution < 1.29 is 9.84 Å². The Bertz CT molecular complexity index is 427. The van der Waals surface area contributed by atoms with Gasteiger partial charge in [-0.2, -0.15) is 0 Å². The van der Waals surface area contributed by atoms with Crippen LogP contribution >= 0.6 is 0 Å². The standard InChI is InChI=1S/C24H40O2/c1-23(21-25)17-13-10-8-6-4-2-3-5-7-9-11-16-20-26-22-24-18-14-12-15-19-24/h12-15,17-19,23,25H,2-11,16,20-22H2,1H3/b17-13+. The number of ether oxygens (including phenoxy) is 1. The fourth-order valence-electron chi connectivity index (χ4n) is 3.03. The summed E-state index contributed by atoms with van der Waals surface area (Å²) in [5.41, 5.74) is 1.27. The summed E-state index contributed by atoms with van der Waals surface area (Å²) in [6.07, 6.45) is 18.9. The van der Waals surface area contributed by atoms with Gasteiger partial charge in [-0.25, -0.2) is 0 Å². The second-order valence-corrected chi connectivity index (χ2v) is 7.45. The molecule has 2 nitrogen and oxygen atoms in total. The maximum atomic E-state index is 8.94. The highest BCUT2D eigenvalue weighted by molar-refractivity contribution is 5.13. The maximum Gasteiger partial charge on any atom is 0.0716 e. The summed E-state index contributed by atoms with van der Waals surface area (Å²) >= 11 is 0. The van der Waals surface area contributed by atoms with Crippen molar-refractivity contribution in [3.8, 4) is 0 Å². The van der Waals surface area contributed by atoms with E-state index in [0.717, 1.165) is 19.6 Å². The lowest BCUT2D eigenvalue weighted by molar-refractivity contribution is 0.116. The number of unbranched alkanes of at least 4 members (excludes halogenated alkanes) is 10. The Labute approximate surface area is 161 Å². The average Bonchev–Trinajstić information content (AvgIpc) is 2.68. The molecule has 1 aromatic rings. The Morgan fingerprint density at radius 2 is 1.42 bits per heavy atom. The summed E-state index contributed by atoms with van der Waals surface area (Å²) in [6, 6.07) is 10.4. The first-order chi connectivity index (χ1) is 12.8. The third-order valence-corrected chi connectivity index (χ3v) is 4.77. The van der Waals surface area contributed by atoms with Gasteiger partial charge in [0.15, 0.2) is 0 Å². The van der Waals surface area contributed by atoms with Crippen LogP contribution in [0.1, 0.15) is 83.1 Å². The molecule has 0 heterocycles. The number of hydrogen-bond donors (Lipinski definition) is 1. The molecule has 148 valence electrons. The predicted molar refractivity (Wildman–Crippen MR) is 112 cm³/mol. The molecule has 0 saturated carbocycles. The zero-order chi connectivity index (χ0) is 18.7. The highest BCUT2D eigenvalue weighted by atomic mass is 16.5. The topological polar surface area (TPSA) is 29.5 Å². The quantitative estimate of drug-likeness (QED) is 0.248. The van der Waals surface area contributed by atoms with Crippen LogP contribution in [0.25, 0.3) is 0 Å². The van der Waals surface area contributed by atoms with Gasteiger partial charge in [0.25, 0.3) is 0 Å². The molecule has 1 atom stereocenters. The first-order valence-electron chi connectivity index (χ1n) is 10.7. The molecule has 0 aliphatic rings. The van der Waals surface area contributed by atoms with Gasteiger partial charge < -0.3 is 9.84 Å². The molecule has 2 heteroatoms. The number of rotatable bonds is 17. The first kappa shape index (κ1) is 22.9. The predicted octanol–water partition coefficient (Wildman–Crippen LogP) is 6.68. The van der Waals surface area contributed by atoms with Gasteiger partial charge in [0, 0.05) is 13.2 Å². The summed E-state index contributed by atoms with van der Waals surface area (Å²) in [6.45, 7) is 3.95. The fraction of sp³-hybridized carbons (Fsp3) is 0.667. The smallest absolute Gasteiger partial charge is 0.0716 e. The van der Waals surface area contributed by atoms with Gasteiger partial charge in [0.2, 0.25) is 0 Å². The summed E-state index contributed by atoms with van der Waals surface area (Å²) < 4.78 is 5.72. The van der Waals surface area contributed by atoms with Crippen molar-refractivity contribution in [1.82, 2.24) is 0 Å². The van der Waals surface area contributed by atoms with Gasteiger partial charge in [0.05, 0.1) is 6.61 Å². The van der Waals surface area contributed by atoms with Gasteiger partial charge in [-0.1, -0.05) is 101 Å². The summed E-state index contributed by atoms with van der Waals surface area (Å²) in [7, 11) is 0. The van der Waals surface area contributed by atoms with E-state index in [0.29, 0.717) is 5.92 Å². The summed E-state index contributed by atoms with van der Waals surface area (Å²) in [5.74, 6) is 0.311. The van der Waals surface area contributed by atoms with Crippen LogP contribution < -0.4 is 0 Å². The molecule has 1 unspecified atom stereocenters. The van der Waals surface area contributed by atoms with Crippen molar-refractivity contribution in [2.24, 2.45) is 5.92 Å². The van der Waals surface area contributed by atoms with Crippen LogP contribution in [0.15, 0.2) is 42.5 Å². The van der Waals surface area contributed by atoms with E-state index in [4.69, 9.17) is 9.84 Å². The average molecular weight is 361 g/mol. The molecular weight excluding hydrogens is 320 g/mol. The number of benzene rings is 1. The van der Waals surface area contributed by atoms with E-state index in [1.54, 1.807) is 0 Å². The van der Waals surface area contributed by atoms with E-state index in [-0.39, 0.29) is 6.61 Å². The van der Waals surface area contributed by atoms with Crippen molar-refractivity contribution in [2.75, 3.05) is 13.2 Å². The fourth-order valence-corrected chi connectivity index (χ4v) is 3.03. The zero-order valence-electron chi connectivity index (χ0n) is 16.9. The van der Waals surface area contributed by atoms with Crippen LogP contribution in [-0.2, 0) is 11.3 Å². The van der Waals surface area contributed by atoms with Crippen LogP contribution in [0.2, 0.25) is 0 Å². The minimum atomic E-state index is 0.261. The van der Waals surface area contributed by atoms with Gasteiger partial charge in [-0.15, -0.1) is 0 Å². The molecule has 0 amide bonds. The molecule has 1 N–H and O–H groups in total. The number of aliphatic hydroxyl groups is 1. The maximum absolute atomic E-state index is 8.94. The molecule has 1 rings (SSSR count). The highest BCUT2D eigenvalue weighted by Gasteiger charge is 1.95. The Morgan fingerprint density at radius 3 is 2.04 bits per heavy atom. The SMILES string of the molecule is CC(/C=C/CCCCCCCCCCCCOCc1ccccc1)CO. The third kappa shape index (κ3) is 14.1. The third-order valence-electron chi connectivity index (χ3n) is 4.77. The number of allylic oxidation sites excluding steroid dienone is 1. The van der Waals surface area contributed by atoms with Crippen LogP contribution in [0.3, 0.4) is 0 Å². The Kier molecular flexibility index (Phi) is 15.3. The van der Waals surface area contributed by atoms with Gasteiger partial charge >= 0.3 is 0 Å². The molecule has 0 saturated heterocycles. The first-order valence-corrected chi connectivity index (χ1v) is 10.7. The number of aliphatic hydroxyl groups excluding tert-OH is 1. The van der Waals surface area contributed by atoms with Crippen molar-refractivity contribution in [3.05, 3.63) is 48.0 Å². The minimum Gasteiger partial charge on any atom is -0.396 e. The van der Waals surface area contributed by atoms with Crippen LogP contribution in [0.5, 0.6) is 0 Å². The number of hydrogen-bond acceptors (Lipinski definition) is 2. The molecule has 0 radical (unpaired) electrons. The lowest BCUT2D eigenvalue weighted by Crippen LogP contribution is -1.95. The summed E-state index contributed by atoms with van der Waals surface area (Å²) in [4.78, 5) is 0. The van der Waals surface area contributed by atoms with Crippen molar-refractivity contribution in [2.45, 2.75) is 84.2 Å². The van der Waals surface area contributed by atoms with E-state index in [9.17, 15) is 0 Å². The second-order valence-electron chi connectivity index (χ2n) is 7.45. The van der Waals surface area contributed by atoms with Crippen LogP contribution in [-0.4, -0.2) is 18.3 Å². The summed E-state index contributed by atoms with van der Waals surface area (Å²) in [5, 5.41) is 8.94. The highest BCUT2D eigenvalue weighted by Crippen LogP contribution is 2.12. The van der Waals surface area contributed by atoms with E-state index in [2.05, 4.69) is 36.4 Å². The lowest BCUT2D eigenvalue weighted by Gasteiger charge is -2.05. The normalized spacial score (nSPS) is 12.7. The van der Waals surface area contributed by atoms with Gasteiger partial charge in [-0.05, 0) is 30.7 Å². The van der Waals surface area contributed by atoms with E-state index in [1.165, 1.54) is 69.8 Å². The monoisotopic (exact) mass is 360 g/mol. The van der Waals surface area contributed by atoms with Crippen LogP contribution in [0.4, 0.5) is 0 Å².